The minimum atomic E-state index is -0.655. The van der Waals surface area contributed by atoms with Crippen LogP contribution in [0.15, 0.2) is 83.5 Å². The molecule has 35 heavy (non-hydrogen) atoms. The third-order valence-electron chi connectivity index (χ3n) is 4.78. The molecule has 1 heterocycles. The highest BCUT2D eigenvalue weighted by Crippen LogP contribution is 2.32. The van der Waals surface area contributed by atoms with Crippen LogP contribution < -0.4 is 9.47 Å². The molecule has 3 aromatic rings. The second-order valence-corrected chi connectivity index (χ2v) is 8.11. The van der Waals surface area contributed by atoms with Crippen molar-refractivity contribution in [1.29, 1.82) is 0 Å². The smallest absolute Gasteiger partial charge is 0.363 e. The molecular weight excluding hydrogens is 489 g/mol. The molecule has 0 saturated heterocycles. The Morgan fingerprint density at radius 2 is 1.77 bits per heavy atom. The van der Waals surface area contributed by atoms with Gasteiger partial charge in [0.25, 0.3) is 0 Å². The van der Waals surface area contributed by atoms with Crippen LogP contribution in [0.5, 0.6) is 11.5 Å². The van der Waals surface area contributed by atoms with E-state index in [9.17, 15) is 9.59 Å². The van der Waals surface area contributed by atoms with Gasteiger partial charge >= 0.3 is 11.9 Å². The predicted molar refractivity (Wildman–Crippen MR) is 136 cm³/mol. The summed E-state index contributed by atoms with van der Waals surface area (Å²) < 4.78 is 16.4. The SMILES string of the molecule is CCOc1cc(/C=C2N=C(/C=C/c3ccccc3)OC/2=O)ccc1OC(=O)c1ccc(Cl)cc1Cl. The lowest BCUT2D eigenvalue weighted by Gasteiger charge is -2.12. The first kappa shape index (κ1) is 24.3. The zero-order valence-corrected chi connectivity index (χ0v) is 20.0. The zero-order valence-electron chi connectivity index (χ0n) is 18.5. The molecule has 176 valence electrons. The summed E-state index contributed by atoms with van der Waals surface area (Å²) in [5.74, 6) is -0.504. The van der Waals surface area contributed by atoms with Crippen molar-refractivity contribution in [2.45, 2.75) is 6.92 Å². The Morgan fingerprint density at radius 3 is 2.51 bits per heavy atom. The number of ether oxygens (including phenoxy) is 3. The number of benzene rings is 3. The number of hydrogen-bond acceptors (Lipinski definition) is 6. The predicted octanol–water partition coefficient (Wildman–Crippen LogP) is 6.62. The highest BCUT2D eigenvalue weighted by Gasteiger charge is 2.22. The second kappa shape index (κ2) is 11.0. The van der Waals surface area contributed by atoms with E-state index >= 15 is 0 Å². The quantitative estimate of drug-likeness (QED) is 0.204. The molecule has 0 saturated carbocycles. The fourth-order valence-corrected chi connectivity index (χ4v) is 3.65. The largest absolute Gasteiger partial charge is 0.490 e. The number of carbonyl (C=O) groups excluding carboxylic acids is 2. The van der Waals surface area contributed by atoms with Gasteiger partial charge in [-0.3, -0.25) is 0 Å². The first-order valence-corrected chi connectivity index (χ1v) is 11.4. The van der Waals surface area contributed by atoms with E-state index in [2.05, 4.69) is 4.99 Å². The summed E-state index contributed by atoms with van der Waals surface area (Å²) >= 11 is 12.0. The van der Waals surface area contributed by atoms with Crippen LogP contribution in [0, 0.1) is 0 Å². The molecule has 0 amide bonds. The van der Waals surface area contributed by atoms with Crippen molar-refractivity contribution >= 4 is 53.2 Å². The fourth-order valence-electron chi connectivity index (χ4n) is 3.16. The van der Waals surface area contributed by atoms with Gasteiger partial charge in [0.2, 0.25) is 5.90 Å². The molecule has 3 aromatic carbocycles. The van der Waals surface area contributed by atoms with E-state index in [4.69, 9.17) is 37.4 Å². The van der Waals surface area contributed by atoms with Gasteiger partial charge in [-0.1, -0.05) is 59.6 Å². The maximum absolute atomic E-state index is 12.6. The standard InChI is InChI=1S/C27H19Cl2NO5/c1-2-33-24-15-18(8-12-23(24)34-26(31)20-11-10-19(28)16-21(20)29)14-22-27(32)35-25(30-22)13-9-17-6-4-3-5-7-17/h3-16H,2H2,1H3/b13-9+,22-14+. The zero-order chi connectivity index (χ0) is 24.8. The summed E-state index contributed by atoms with van der Waals surface area (Å²) in [6.45, 7) is 2.14. The number of rotatable bonds is 7. The normalized spacial score (nSPS) is 14.2. The van der Waals surface area contributed by atoms with Crippen molar-refractivity contribution < 1.29 is 23.8 Å². The van der Waals surface area contributed by atoms with Crippen LogP contribution in [-0.4, -0.2) is 24.4 Å². The van der Waals surface area contributed by atoms with Gasteiger partial charge in [0.05, 0.1) is 17.2 Å². The summed E-state index contributed by atoms with van der Waals surface area (Å²) in [5.41, 5.74) is 1.87. The third kappa shape index (κ3) is 6.18. The minimum absolute atomic E-state index is 0.137. The Bertz CT molecular complexity index is 1360. The molecule has 1 aliphatic rings. The highest BCUT2D eigenvalue weighted by molar-refractivity contribution is 6.36. The van der Waals surface area contributed by atoms with Gasteiger partial charge in [-0.05, 0) is 60.5 Å². The molecule has 0 radical (unpaired) electrons. The Labute approximate surface area is 212 Å². The molecule has 6 nitrogen and oxygen atoms in total. The van der Waals surface area contributed by atoms with E-state index in [1.165, 1.54) is 12.1 Å². The number of cyclic esters (lactones) is 1. The van der Waals surface area contributed by atoms with Crippen molar-refractivity contribution in [3.8, 4) is 11.5 Å². The van der Waals surface area contributed by atoms with Gasteiger partial charge in [0, 0.05) is 11.1 Å². The number of aliphatic imine (C=N–C) groups is 1. The number of hydrogen-bond donors (Lipinski definition) is 0. The van der Waals surface area contributed by atoms with Crippen LogP contribution in [0.1, 0.15) is 28.4 Å². The van der Waals surface area contributed by atoms with Gasteiger partial charge in [-0.15, -0.1) is 0 Å². The minimum Gasteiger partial charge on any atom is -0.490 e. The van der Waals surface area contributed by atoms with Crippen molar-refractivity contribution in [2.75, 3.05) is 6.61 Å². The van der Waals surface area contributed by atoms with Crippen molar-refractivity contribution in [1.82, 2.24) is 0 Å². The van der Waals surface area contributed by atoms with E-state index in [0.717, 1.165) is 5.56 Å². The van der Waals surface area contributed by atoms with Crippen LogP contribution in [0.25, 0.3) is 12.2 Å². The van der Waals surface area contributed by atoms with Crippen LogP contribution in [0.3, 0.4) is 0 Å². The fraction of sp³-hybridized carbons (Fsp3) is 0.0741. The van der Waals surface area contributed by atoms with E-state index in [1.54, 1.807) is 49.4 Å². The first-order valence-electron chi connectivity index (χ1n) is 10.6. The van der Waals surface area contributed by atoms with E-state index in [0.29, 0.717) is 22.9 Å². The van der Waals surface area contributed by atoms with Gasteiger partial charge in [-0.25, -0.2) is 14.6 Å². The molecule has 0 aliphatic carbocycles. The van der Waals surface area contributed by atoms with Crippen LogP contribution >= 0.6 is 23.2 Å². The molecule has 0 bridgehead atoms. The lowest BCUT2D eigenvalue weighted by atomic mass is 10.1. The molecule has 0 spiro atoms. The van der Waals surface area contributed by atoms with Crippen LogP contribution in [0.2, 0.25) is 10.0 Å². The Kier molecular flexibility index (Phi) is 7.65. The van der Waals surface area contributed by atoms with Crippen LogP contribution in [-0.2, 0) is 9.53 Å². The number of esters is 2. The maximum atomic E-state index is 12.6. The average molecular weight is 508 g/mol. The molecule has 1 aliphatic heterocycles. The second-order valence-electron chi connectivity index (χ2n) is 7.27. The molecule has 0 atom stereocenters. The van der Waals surface area contributed by atoms with E-state index in [-0.39, 0.29) is 27.9 Å². The number of carbonyl (C=O) groups is 2. The van der Waals surface area contributed by atoms with Gasteiger partial charge in [0.15, 0.2) is 17.2 Å². The third-order valence-corrected chi connectivity index (χ3v) is 5.33. The lowest BCUT2D eigenvalue weighted by Crippen LogP contribution is -2.10. The summed E-state index contributed by atoms with van der Waals surface area (Å²) in [6, 6.07) is 19.0. The maximum Gasteiger partial charge on any atom is 0.363 e. The number of halogens is 2. The molecule has 0 N–H and O–H groups in total. The Hall–Kier alpha value is -3.87. The molecule has 0 unspecified atom stereocenters. The van der Waals surface area contributed by atoms with Gasteiger partial charge in [0.1, 0.15) is 0 Å². The van der Waals surface area contributed by atoms with Crippen molar-refractivity contribution in [3.63, 3.8) is 0 Å². The van der Waals surface area contributed by atoms with E-state index < -0.39 is 11.9 Å². The summed E-state index contributed by atoms with van der Waals surface area (Å²) in [5, 5.41) is 0.585. The van der Waals surface area contributed by atoms with Gasteiger partial charge < -0.3 is 14.2 Å². The summed E-state index contributed by atoms with van der Waals surface area (Å²) in [4.78, 5) is 29.1. The molecule has 0 fully saturated rings. The highest BCUT2D eigenvalue weighted by atomic mass is 35.5. The number of nitrogens with zero attached hydrogens (tertiary/aromatic N) is 1. The summed E-state index contributed by atoms with van der Waals surface area (Å²) in [6.07, 6.45) is 5.00. The van der Waals surface area contributed by atoms with Crippen molar-refractivity contribution in [3.05, 3.63) is 105 Å². The Morgan fingerprint density at radius 1 is 0.971 bits per heavy atom. The van der Waals surface area contributed by atoms with Crippen LogP contribution in [0.4, 0.5) is 0 Å². The molecule has 0 aromatic heterocycles. The van der Waals surface area contributed by atoms with Gasteiger partial charge in [-0.2, -0.15) is 0 Å². The molecule has 8 heteroatoms. The van der Waals surface area contributed by atoms with E-state index in [1.807, 2.05) is 30.3 Å². The summed E-state index contributed by atoms with van der Waals surface area (Å²) in [7, 11) is 0. The monoisotopic (exact) mass is 507 g/mol. The van der Waals surface area contributed by atoms with Crippen molar-refractivity contribution in [2.24, 2.45) is 4.99 Å². The first-order chi connectivity index (χ1) is 16.9. The lowest BCUT2D eigenvalue weighted by molar-refractivity contribution is -0.129. The average Bonchev–Trinajstić information content (AvgIpc) is 3.19. The molecular formula is C27H19Cl2NO5. The Balaban J connectivity index is 1.55. The molecule has 4 rings (SSSR count). The topological polar surface area (TPSA) is 74.2 Å².